The van der Waals surface area contributed by atoms with Crippen LogP contribution >= 0.6 is 46.4 Å². The zero-order valence-corrected chi connectivity index (χ0v) is 29.2. The number of nitrogens with zero attached hydrogens (tertiary/aromatic N) is 2. The maximum absolute atomic E-state index is 14.6. The largest absolute Gasteiger partial charge is 0.350 e. The van der Waals surface area contributed by atoms with Crippen molar-refractivity contribution < 1.29 is 18.0 Å². The van der Waals surface area contributed by atoms with E-state index in [-0.39, 0.29) is 43.6 Å². The second kappa shape index (κ2) is 15.1. The summed E-state index contributed by atoms with van der Waals surface area (Å²) < 4.78 is 29.2. The fourth-order valence-electron chi connectivity index (χ4n) is 4.78. The molecule has 242 valence electrons. The summed E-state index contributed by atoms with van der Waals surface area (Å²) in [5.41, 5.74) is 0.595. The highest BCUT2D eigenvalue weighted by Gasteiger charge is 2.36. The number of hydrogen-bond acceptors (Lipinski definition) is 4. The Morgan fingerprint density at radius 2 is 1.37 bits per heavy atom. The minimum Gasteiger partial charge on any atom is -0.350 e. The molecule has 12 heteroatoms. The maximum atomic E-state index is 14.6. The van der Waals surface area contributed by atoms with Gasteiger partial charge >= 0.3 is 0 Å². The van der Waals surface area contributed by atoms with Gasteiger partial charge in [-0.2, -0.15) is 0 Å². The fourth-order valence-corrected chi connectivity index (χ4v) is 7.31. The first-order valence-corrected chi connectivity index (χ1v) is 17.2. The number of amides is 2. The van der Waals surface area contributed by atoms with Crippen molar-refractivity contribution in [2.75, 3.05) is 10.8 Å². The average molecular weight is 722 g/mol. The van der Waals surface area contributed by atoms with E-state index in [1.165, 1.54) is 35.2 Å². The van der Waals surface area contributed by atoms with Crippen LogP contribution in [0.15, 0.2) is 102 Å². The molecule has 0 aromatic heterocycles. The van der Waals surface area contributed by atoms with E-state index in [4.69, 9.17) is 46.4 Å². The van der Waals surface area contributed by atoms with Crippen LogP contribution in [0.4, 0.5) is 5.69 Å². The van der Waals surface area contributed by atoms with Crippen LogP contribution < -0.4 is 9.62 Å². The quantitative estimate of drug-likeness (QED) is 0.170. The molecular formula is C34H33Cl4N3O4S. The zero-order chi connectivity index (χ0) is 33.6. The molecule has 0 aliphatic rings. The van der Waals surface area contributed by atoms with E-state index in [9.17, 15) is 18.0 Å². The first-order valence-electron chi connectivity index (χ1n) is 14.3. The number of benzene rings is 4. The summed E-state index contributed by atoms with van der Waals surface area (Å²) in [6, 6.07) is 25.1. The molecule has 4 rings (SSSR count). The van der Waals surface area contributed by atoms with E-state index in [1.54, 1.807) is 36.4 Å². The van der Waals surface area contributed by atoms with Crippen molar-refractivity contribution in [2.24, 2.45) is 0 Å². The fraction of sp³-hybridized carbons (Fsp3) is 0.235. The van der Waals surface area contributed by atoms with Crippen LogP contribution in [0.5, 0.6) is 0 Å². The van der Waals surface area contributed by atoms with Crippen LogP contribution in [0.2, 0.25) is 20.1 Å². The van der Waals surface area contributed by atoms with Gasteiger partial charge in [-0.3, -0.25) is 13.9 Å². The van der Waals surface area contributed by atoms with Gasteiger partial charge in [0.15, 0.2) is 0 Å². The Labute approximate surface area is 290 Å². The Balaban J connectivity index is 1.87. The van der Waals surface area contributed by atoms with Crippen molar-refractivity contribution in [3.63, 3.8) is 0 Å². The number of carbonyl (C=O) groups excluding carboxylic acids is 2. The third-order valence-electron chi connectivity index (χ3n) is 6.95. The Bertz CT molecular complexity index is 1780. The second-order valence-corrected chi connectivity index (χ2v) is 15.1. The smallest absolute Gasteiger partial charge is 0.264 e. The predicted molar refractivity (Wildman–Crippen MR) is 186 cm³/mol. The maximum Gasteiger partial charge on any atom is 0.264 e. The summed E-state index contributed by atoms with van der Waals surface area (Å²) in [5, 5.41) is 3.86. The summed E-state index contributed by atoms with van der Waals surface area (Å²) in [6.45, 7) is 4.61. The third kappa shape index (κ3) is 8.96. The number of nitrogens with one attached hydrogen (secondary N) is 1. The number of anilines is 1. The summed E-state index contributed by atoms with van der Waals surface area (Å²) in [4.78, 5) is 29.9. The average Bonchev–Trinajstić information content (AvgIpc) is 2.99. The molecule has 0 radical (unpaired) electrons. The van der Waals surface area contributed by atoms with Crippen LogP contribution in [0.1, 0.15) is 31.9 Å². The van der Waals surface area contributed by atoms with Gasteiger partial charge in [0.1, 0.15) is 12.6 Å². The molecule has 0 heterocycles. The molecule has 46 heavy (non-hydrogen) atoms. The normalized spacial score (nSPS) is 12.3. The molecule has 0 spiro atoms. The Morgan fingerprint density at radius 1 is 0.783 bits per heavy atom. The molecule has 7 nitrogen and oxygen atoms in total. The first kappa shape index (κ1) is 35.6. The standard InChI is InChI=1S/C34H33Cl4N3O4S/c1-34(2,3)39-33(43)31(19-23-11-6-4-7-12-23)40(21-26-27(36)15-10-16-28(26)37)32(42)22-41(30-18-17-24(35)20-29(30)38)46(44,45)25-13-8-5-9-14-25/h4-18,20,31H,19,21-22H2,1-3H3,(H,39,43)/t31-/m1/s1. The topological polar surface area (TPSA) is 86.8 Å². The van der Waals surface area contributed by atoms with Crippen LogP contribution in [0, 0.1) is 0 Å². The Morgan fingerprint density at radius 3 is 1.93 bits per heavy atom. The molecule has 0 bridgehead atoms. The highest BCUT2D eigenvalue weighted by Crippen LogP contribution is 2.34. The lowest BCUT2D eigenvalue weighted by Crippen LogP contribution is -2.56. The molecule has 0 saturated carbocycles. The van der Waals surface area contributed by atoms with E-state index in [1.807, 2.05) is 51.1 Å². The van der Waals surface area contributed by atoms with Crippen molar-refractivity contribution in [3.8, 4) is 0 Å². The van der Waals surface area contributed by atoms with Crippen molar-refractivity contribution in [1.82, 2.24) is 10.2 Å². The van der Waals surface area contributed by atoms with E-state index < -0.39 is 40.0 Å². The number of carbonyl (C=O) groups is 2. The molecular weight excluding hydrogens is 688 g/mol. The van der Waals surface area contributed by atoms with Crippen LogP contribution in [0.25, 0.3) is 0 Å². The van der Waals surface area contributed by atoms with Gasteiger partial charge in [0, 0.05) is 39.1 Å². The molecule has 1 atom stereocenters. The number of halogens is 4. The summed E-state index contributed by atoms with van der Waals surface area (Å²) in [5.74, 6) is -1.12. The van der Waals surface area contributed by atoms with Gasteiger partial charge in [0.05, 0.1) is 15.6 Å². The van der Waals surface area contributed by atoms with Crippen LogP contribution in [-0.2, 0) is 32.6 Å². The van der Waals surface area contributed by atoms with Gasteiger partial charge < -0.3 is 10.2 Å². The van der Waals surface area contributed by atoms with Crippen LogP contribution in [0.3, 0.4) is 0 Å². The highest BCUT2D eigenvalue weighted by atomic mass is 35.5. The van der Waals surface area contributed by atoms with Gasteiger partial charge in [-0.15, -0.1) is 0 Å². The lowest BCUT2D eigenvalue weighted by atomic mass is 10.0. The van der Waals surface area contributed by atoms with Gasteiger partial charge in [0.2, 0.25) is 11.8 Å². The Hall–Kier alpha value is -3.27. The monoisotopic (exact) mass is 719 g/mol. The molecule has 4 aromatic rings. The Kier molecular flexibility index (Phi) is 11.7. The number of hydrogen-bond donors (Lipinski definition) is 1. The number of sulfonamides is 1. The lowest BCUT2D eigenvalue weighted by Gasteiger charge is -2.35. The molecule has 0 unspecified atom stereocenters. The highest BCUT2D eigenvalue weighted by molar-refractivity contribution is 7.92. The van der Waals surface area contributed by atoms with E-state index in [2.05, 4.69) is 5.32 Å². The zero-order valence-electron chi connectivity index (χ0n) is 25.4. The molecule has 4 aromatic carbocycles. The summed E-state index contributed by atoms with van der Waals surface area (Å²) >= 11 is 25.8. The molecule has 0 fully saturated rings. The van der Waals surface area contributed by atoms with E-state index in [0.717, 1.165) is 9.87 Å². The SMILES string of the molecule is CC(C)(C)NC(=O)[C@@H](Cc1ccccc1)N(Cc1c(Cl)cccc1Cl)C(=O)CN(c1ccc(Cl)cc1Cl)S(=O)(=O)c1ccccc1. The predicted octanol–water partition coefficient (Wildman–Crippen LogP) is 8.05. The van der Waals surface area contributed by atoms with E-state index >= 15 is 0 Å². The molecule has 0 aliphatic carbocycles. The molecule has 0 aliphatic heterocycles. The van der Waals surface area contributed by atoms with Gasteiger partial charge in [-0.05, 0) is 68.8 Å². The molecule has 2 amide bonds. The van der Waals surface area contributed by atoms with Crippen molar-refractivity contribution in [1.29, 1.82) is 0 Å². The van der Waals surface area contributed by atoms with Gasteiger partial charge in [-0.1, -0.05) is 101 Å². The van der Waals surface area contributed by atoms with Gasteiger partial charge in [-0.25, -0.2) is 8.42 Å². The van der Waals surface area contributed by atoms with Crippen LogP contribution in [-0.4, -0.2) is 43.3 Å². The second-order valence-electron chi connectivity index (χ2n) is 11.6. The number of rotatable bonds is 11. The van der Waals surface area contributed by atoms with Crippen molar-refractivity contribution >= 4 is 73.9 Å². The van der Waals surface area contributed by atoms with Crippen molar-refractivity contribution in [2.45, 2.75) is 50.2 Å². The van der Waals surface area contributed by atoms with Gasteiger partial charge in [0.25, 0.3) is 10.0 Å². The first-order chi connectivity index (χ1) is 21.7. The minimum absolute atomic E-state index is 0.0202. The van der Waals surface area contributed by atoms with Crippen molar-refractivity contribution in [3.05, 3.63) is 128 Å². The molecule has 1 N–H and O–H groups in total. The van der Waals surface area contributed by atoms with E-state index in [0.29, 0.717) is 5.56 Å². The minimum atomic E-state index is -4.34. The summed E-state index contributed by atoms with van der Waals surface area (Å²) in [6.07, 6.45) is 0.129. The molecule has 0 saturated heterocycles. The summed E-state index contributed by atoms with van der Waals surface area (Å²) in [7, 11) is -4.34. The lowest BCUT2D eigenvalue weighted by molar-refractivity contribution is -0.140. The third-order valence-corrected chi connectivity index (χ3v) is 9.97.